The number of halogens is 1. The highest BCUT2D eigenvalue weighted by Gasteiger charge is 2.30. The lowest BCUT2D eigenvalue weighted by Gasteiger charge is -2.31. The molecule has 0 spiro atoms. The van der Waals surface area contributed by atoms with Crippen molar-refractivity contribution in [3.05, 3.63) is 53.8 Å². The molecule has 0 unspecified atom stereocenters. The van der Waals surface area contributed by atoms with Gasteiger partial charge in [0.2, 0.25) is 10.0 Å². The molecule has 7 heteroatoms. The van der Waals surface area contributed by atoms with Crippen LogP contribution in [0.4, 0.5) is 4.39 Å². The first-order valence-electron chi connectivity index (χ1n) is 8.47. The highest BCUT2D eigenvalue weighted by atomic mass is 32.2. The van der Waals surface area contributed by atoms with E-state index in [0.29, 0.717) is 31.5 Å². The topological polar surface area (TPSA) is 55.8 Å². The van der Waals surface area contributed by atoms with Crippen LogP contribution < -0.4 is 9.47 Å². The average molecular weight is 379 g/mol. The van der Waals surface area contributed by atoms with Gasteiger partial charge in [0.15, 0.2) is 0 Å². The number of sulfonamides is 1. The second-order valence-electron chi connectivity index (χ2n) is 6.31. The van der Waals surface area contributed by atoms with Crippen LogP contribution in [0, 0.1) is 12.7 Å². The van der Waals surface area contributed by atoms with Gasteiger partial charge in [0.25, 0.3) is 0 Å². The maximum absolute atomic E-state index is 13.4. The second kappa shape index (κ2) is 7.63. The molecule has 1 aliphatic rings. The smallest absolute Gasteiger partial charge is 0.243 e. The Morgan fingerprint density at radius 1 is 1.04 bits per heavy atom. The Balaban J connectivity index is 1.62. The van der Waals surface area contributed by atoms with Crippen LogP contribution in [-0.4, -0.2) is 39.0 Å². The summed E-state index contributed by atoms with van der Waals surface area (Å²) in [6.07, 6.45) is 1.17. The summed E-state index contributed by atoms with van der Waals surface area (Å²) in [5.74, 6) is 1.09. The van der Waals surface area contributed by atoms with Crippen molar-refractivity contribution in [2.75, 3.05) is 20.2 Å². The summed E-state index contributed by atoms with van der Waals surface area (Å²) in [6.45, 7) is 2.31. The Hall–Kier alpha value is -2.12. The fraction of sp³-hybridized carbons (Fsp3) is 0.368. The zero-order chi connectivity index (χ0) is 18.7. The largest absolute Gasteiger partial charge is 0.497 e. The van der Waals surface area contributed by atoms with Crippen LogP contribution in [0.25, 0.3) is 0 Å². The van der Waals surface area contributed by atoms with Gasteiger partial charge in [-0.1, -0.05) is 0 Å². The minimum absolute atomic E-state index is 0.0372. The maximum atomic E-state index is 13.4. The summed E-state index contributed by atoms with van der Waals surface area (Å²) in [6, 6.07) is 11.2. The van der Waals surface area contributed by atoms with Crippen LogP contribution in [0.1, 0.15) is 18.4 Å². The number of methoxy groups -OCH3 is 1. The summed E-state index contributed by atoms with van der Waals surface area (Å²) >= 11 is 0. The number of nitrogens with zero attached hydrogens (tertiary/aromatic N) is 1. The van der Waals surface area contributed by atoms with Gasteiger partial charge in [-0.2, -0.15) is 4.31 Å². The Morgan fingerprint density at radius 2 is 1.65 bits per heavy atom. The number of piperidine rings is 1. The predicted molar refractivity (Wildman–Crippen MR) is 96.5 cm³/mol. The summed E-state index contributed by atoms with van der Waals surface area (Å²) in [7, 11) is -2.01. The van der Waals surface area contributed by atoms with Crippen molar-refractivity contribution in [2.24, 2.45) is 0 Å². The van der Waals surface area contributed by atoms with Crippen molar-refractivity contribution in [3.8, 4) is 11.5 Å². The van der Waals surface area contributed by atoms with Gasteiger partial charge in [-0.15, -0.1) is 0 Å². The van der Waals surface area contributed by atoms with Crippen LogP contribution in [0.5, 0.6) is 11.5 Å². The molecule has 3 rings (SSSR count). The fourth-order valence-corrected chi connectivity index (χ4v) is 4.52. The molecule has 26 heavy (non-hydrogen) atoms. The van der Waals surface area contributed by atoms with Gasteiger partial charge < -0.3 is 9.47 Å². The third kappa shape index (κ3) is 3.99. The normalized spacial score (nSPS) is 16.4. The molecule has 0 radical (unpaired) electrons. The van der Waals surface area contributed by atoms with Crippen molar-refractivity contribution in [1.82, 2.24) is 4.31 Å². The molecular formula is C19H22FNO4S. The number of aryl methyl sites for hydroxylation is 1. The number of rotatable bonds is 5. The summed E-state index contributed by atoms with van der Waals surface area (Å²) in [5.41, 5.74) is 0.323. The molecule has 0 atom stereocenters. The minimum atomic E-state index is -3.61. The number of hydrogen-bond acceptors (Lipinski definition) is 4. The summed E-state index contributed by atoms with van der Waals surface area (Å²) in [4.78, 5) is 0.130. The molecular weight excluding hydrogens is 357 g/mol. The van der Waals surface area contributed by atoms with E-state index < -0.39 is 15.8 Å². The van der Waals surface area contributed by atoms with Crippen molar-refractivity contribution >= 4 is 10.0 Å². The molecule has 140 valence electrons. The zero-order valence-electron chi connectivity index (χ0n) is 14.8. The molecule has 0 bridgehead atoms. The van der Waals surface area contributed by atoms with Crippen LogP contribution in [0.2, 0.25) is 0 Å². The third-order valence-corrected chi connectivity index (χ3v) is 6.42. The lowest BCUT2D eigenvalue weighted by atomic mass is 10.1. The molecule has 0 N–H and O–H groups in total. The van der Waals surface area contributed by atoms with E-state index in [9.17, 15) is 12.8 Å². The third-order valence-electron chi connectivity index (χ3n) is 4.53. The Morgan fingerprint density at radius 3 is 2.23 bits per heavy atom. The molecule has 2 aromatic rings. The maximum Gasteiger partial charge on any atom is 0.243 e. The zero-order valence-corrected chi connectivity index (χ0v) is 15.6. The highest BCUT2D eigenvalue weighted by Crippen LogP contribution is 2.25. The quantitative estimate of drug-likeness (QED) is 0.799. The van der Waals surface area contributed by atoms with E-state index in [4.69, 9.17) is 9.47 Å². The first kappa shape index (κ1) is 18.7. The molecule has 0 aliphatic carbocycles. The van der Waals surface area contributed by atoms with E-state index in [2.05, 4.69) is 0 Å². The van der Waals surface area contributed by atoms with Crippen LogP contribution in [0.3, 0.4) is 0 Å². The van der Waals surface area contributed by atoms with E-state index in [1.54, 1.807) is 14.0 Å². The molecule has 1 heterocycles. The van der Waals surface area contributed by atoms with Gasteiger partial charge in [-0.25, -0.2) is 12.8 Å². The van der Waals surface area contributed by atoms with Gasteiger partial charge >= 0.3 is 0 Å². The average Bonchev–Trinajstić information content (AvgIpc) is 2.65. The summed E-state index contributed by atoms with van der Waals surface area (Å²) in [5, 5.41) is 0. The van der Waals surface area contributed by atoms with Crippen LogP contribution in [-0.2, 0) is 10.0 Å². The number of ether oxygens (including phenoxy) is 2. The molecule has 1 aliphatic heterocycles. The first-order valence-corrected chi connectivity index (χ1v) is 9.91. The van der Waals surface area contributed by atoms with E-state index in [1.165, 1.54) is 22.5 Å². The van der Waals surface area contributed by atoms with E-state index in [0.717, 1.165) is 11.5 Å². The van der Waals surface area contributed by atoms with Gasteiger partial charge in [-0.3, -0.25) is 0 Å². The van der Waals surface area contributed by atoms with Gasteiger partial charge in [0.1, 0.15) is 23.4 Å². The van der Waals surface area contributed by atoms with Crippen molar-refractivity contribution in [1.29, 1.82) is 0 Å². The highest BCUT2D eigenvalue weighted by molar-refractivity contribution is 7.89. The second-order valence-corrected chi connectivity index (χ2v) is 8.25. The van der Waals surface area contributed by atoms with Gasteiger partial charge in [-0.05, 0) is 67.8 Å². The van der Waals surface area contributed by atoms with Crippen LogP contribution in [0.15, 0.2) is 47.4 Å². The Labute approximate surface area is 153 Å². The fourth-order valence-electron chi connectivity index (χ4n) is 2.96. The molecule has 0 amide bonds. The van der Waals surface area contributed by atoms with E-state index in [1.807, 2.05) is 24.3 Å². The molecule has 1 saturated heterocycles. The van der Waals surface area contributed by atoms with E-state index >= 15 is 0 Å². The first-order chi connectivity index (χ1) is 12.4. The molecule has 5 nitrogen and oxygen atoms in total. The van der Waals surface area contributed by atoms with Crippen molar-refractivity contribution in [2.45, 2.75) is 30.8 Å². The van der Waals surface area contributed by atoms with Gasteiger partial charge in [0, 0.05) is 13.1 Å². The number of hydrogen-bond donors (Lipinski definition) is 0. The lowest BCUT2D eigenvalue weighted by molar-refractivity contribution is 0.135. The van der Waals surface area contributed by atoms with Crippen LogP contribution >= 0.6 is 0 Å². The van der Waals surface area contributed by atoms with Gasteiger partial charge in [0.05, 0.1) is 12.0 Å². The van der Waals surface area contributed by atoms with Crippen molar-refractivity contribution in [3.63, 3.8) is 0 Å². The summed E-state index contributed by atoms with van der Waals surface area (Å²) < 4.78 is 51.4. The molecule has 0 aromatic heterocycles. The molecule has 0 saturated carbocycles. The number of benzene rings is 2. The Kier molecular flexibility index (Phi) is 5.48. The monoisotopic (exact) mass is 379 g/mol. The minimum Gasteiger partial charge on any atom is -0.497 e. The molecule has 2 aromatic carbocycles. The SMILES string of the molecule is COc1ccc(OC2CCN(S(=O)(=O)c3ccc(F)c(C)c3)CC2)cc1. The standard InChI is InChI=1S/C19H22FNO4S/c1-14-13-18(7-8-19(14)20)26(22,23)21-11-9-17(10-12-21)25-16-5-3-15(24-2)4-6-16/h3-8,13,17H,9-12H2,1-2H3. The Bertz CT molecular complexity index is 860. The van der Waals surface area contributed by atoms with E-state index in [-0.39, 0.29) is 11.0 Å². The lowest BCUT2D eigenvalue weighted by Crippen LogP contribution is -2.41. The predicted octanol–water partition coefficient (Wildman–Crippen LogP) is 3.37. The molecule has 1 fully saturated rings. The van der Waals surface area contributed by atoms with Crippen molar-refractivity contribution < 1.29 is 22.3 Å².